The Morgan fingerprint density at radius 2 is 1.88 bits per heavy atom. The molecule has 0 spiro atoms. The summed E-state index contributed by atoms with van der Waals surface area (Å²) in [5, 5.41) is 2.82. The summed E-state index contributed by atoms with van der Waals surface area (Å²) in [6.45, 7) is 2.55. The molecule has 0 aliphatic carbocycles. The number of nitrogens with two attached hydrogens (primary N) is 1. The van der Waals surface area contributed by atoms with E-state index in [0.29, 0.717) is 13.2 Å². The quantitative estimate of drug-likeness (QED) is 0.804. The molecule has 0 radical (unpaired) electrons. The van der Waals surface area contributed by atoms with Crippen molar-refractivity contribution in [2.45, 2.75) is 26.2 Å². The summed E-state index contributed by atoms with van der Waals surface area (Å²) >= 11 is 0. The van der Waals surface area contributed by atoms with Crippen LogP contribution in [0.3, 0.4) is 0 Å². The topological polar surface area (TPSA) is 73.6 Å². The number of anilines is 1. The second-order valence-electron chi connectivity index (χ2n) is 5.20. The number of nitrogens with one attached hydrogen (secondary N) is 1. The highest BCUT2D eigenvalue weighted by molar-refractivity contribution is 5.93. The lowest BCUT2D eigenvalue weighted by atomic mass is 10.2. The van der Waals surface area contributed by atoms with E-state index >= 15 is 0 Å². The standard InChI is InChI=1S/C18H22N2O3.ClH/c1-13(23-12-15-4-3-5-17(10-15)22-2)18(21)20-16-8-6-14(11-19)7-9-16;/h3-10,13H,11-12,19H2,1-2H3,(H,20,21);1H. The summed E-state index contributed by atoms with van der Waals surface area (Å²) < 4.78 is 10.8. The predicted octanol–water partition coefficient (Wildman–Crippen LogP) is 3.12. The molecule has 3 N–H and O–H groups in total. The maximum Gasteiger partial charge on any atom is 0.253 e. The molecule has 6 heteroatoms. The van der Waals surface area contributed by atoms with Gasteiger partial charge in [-0.15, -0.1) is 12.4 Å². The maximum absolute atomic E-state index is 12.1. The molecule has 24 heavy (non-hydrogen) atoms. The first-order valence-electron chi connectivity index (χ1n) is 7.46. The number of benzene rings is 2. The van der Waals surface area contributed by atoms with Crippen LogP contribution in [0, 0.1) is 0 Å². The lowest BCUT2D eigenvalue weighted by Gasteiger charge is -2.14. The molecule has 1 amide bonds. The largest absolute Gasteiger partial charge is 0.497 e. The monoisotopic (exact) mass is 350 g/mol. The minimum absolute atomic E-state index is 0. The fourth-order valence-corrected chi connectivity index (χ4v) is 2.03. The van der Waals surface area contributed by atoms with Crippen molar-refractivity contribution in [3.63, 3.8) is 0 Å². The van der Waals surface area contributed by atoms with E-state index in [-0.39, 0.29) is 18.3 Å². The van der Waals surface area contributed by atoms with Crippen molar-refractivity contribution >= 4 is 24.0 Å². The van der Waals surface area contributed by atoms with Gasteiger partial charge in [-0.2, -0.15) is 0 Å². The first-order chi connectivity index (χ1) is 11.1. The molecule has 0 saturated carbocycles. The molecule has 1 unspecified atom stereocenters. The van der Waals surface area contributed by atoms with Gasteiger partial charge in [-0.25, -0.2) is 0 Å². The Morgan fingerprint density at radius 1 is 1.17 bits per heavy atom. The fourth-order valence-electron chi connectivity index (χ4n) is 2.03. The van der Waals surface area contributed by atoms with Gasteiger partial charge in [-0.05, 0) is 42.3 Å². The smallest absolute Gasteiger partial charge is 0.253 e. The predicted molar refractivity (Wildman–Crippen MR) is 97.5 cm³/mol. The molecule has 5 nitrogen and oxygen atoms in total. The van der Waals surface area contributed by atoms with Crippen molar-refractivity contribution in [3.8, 4) is 5.75 Å². The minimum atomic E-state index is -0.560. The molecule has 0 aliphatic rings. The van der Waals surface area contributed by atoms with Crippen LogP contribution in [-0.4, -0.2) is 19.1 Å². The lowest BCUT2D eigenvalue weighted by molar-refractivity contribution is -0.127. The first kappa shape index (κ1) is 20.0. The number of amides is 1. The highest BCUT2D eigenvalue weighted by Gasteiger charge is 2.13. The third-order valence-corrected chi connectivity index (χ3v) is 3.46. The SMILES string of the molecule is COc1cccc(COC(C)C(=O)Nc2ccc(CN)cc2)c1.Cl. The molecule has 2 aromatic rings. The van der Waals surface area contributed by atoms with Gasteiger partial charge in [0.05, 0.1) is 13.7 Å². The van der Waals surface area contributed by atoms with Crippen LogP contribution in [0.4, 0.5) is 5.69 Å². The number of methoxy groups -OCH3 is 1. The van der Waals surface area contributed by atoms with Gasteiger partial charge in [0.1, 0.15) is 11.9 Å². The average Bonchev–Trinajstić information content (AvgIpc) is 2.60. The number of hydrogen-bond donors (Lipinski definition) is 2. The molecule has 0 aliphatic heterocycles. The van der Waals surface area contributed by atoms with Crippen LogP contribution >= 0.6 is 12.4 Å². The first-order valence-corrected chi connectivity index (χ1v) is 7.46. The summed E-state index contributed by atoms with van der Waals surface area (Å²) in [4.78, 5) is 12.1. The zero-order valence-corrected chi connectivity index (χ0v) is 14.6. The van der Waals surface area contributed by atoms with Crippen LogP contribution in [0.1, 0.15) is 18.1 Å². The van der Waals surface area contributed by atoms with Crippen molar-refractivity contribution in [1.29, 1.82) is 0 Å². The number of rotatable bonds is 7. The molecule has 0 fully saturated rings. The van der Waals surface area contributed by atoms with Gasteiger partial charge in [0.15, 0.2) is 0 Å². The number of hydrogen-bond acceptors (Lipinski definition) is 4. The average molecular weight is 351 g/mol. The molecule has 130 valence electrons. The Bertz CT molecular complexity index is 647. The van der Waals surface area contributed by atoms with Gasteiger partial charge in [-0.1, -0.05) is 24.3 Å². The zero-order valence-electron chi connectivity index (χ0n) is 13.8. The molecule has 0 heterocycles. The highest BCUT2D eigenvalue weighted by atomic mass is 35.5. The Kier molecular flexibility index (Phi) is 8.26. The van der Waals surface area contributed by atoms with Crippen LogP contribution < -0.4 is 15.8 Å². The van der Waals surface area contributed by atoms with E-state index in [2.05, 4.69) is 5.32 Å². The van der Waals surface area contributed by atoms with Crippen LogP contribution in [0.15, 0.2) is 48.5 Å². The van der Waals surface area contributed by atoms with E-state index in [1.807, 2.05) is 48.5 Å². The van der Waals surface area contributed by atoms with E-state index in [1.165, 1.54) is 0 Å². The van der Waals surface area contributed by atoms with E-state index in [1.54, 1.807) is 14.0 Å². The molecular weight excluding hydrogens is 328 g/mol. The Labute approximate surface area is 148 Å². The summed E-state index contributed by atoms with van der Waals surface area (Å²) in [7, 11) is 1.62. The Balaban J connectivity index is 0.00000288. The van der Waals surface area contributed by atoms with Crippen molar-refractivity contribution in [3.05, 3.63) is 59.7 Å². The molecule has 1 atom stereocenters. The molecule has 2 rings (SSSR count). The number of halogens is 1. The van der Waals surface area contributed by atoms with Crippen molar-refractivity contribution < 1.29 is 14.3 Å². The normalized spacial score (nSPS) is 11.3. The van der Waals surface area contributed by atoms with Gasteiger partial charge >= 0.3 is 0 Å². The fraction of sp³-hybridized carbons (Fsp3) is 0.278. The summed E-state index contributed by atoms with van der Waals surface area (Å²) in [6, 6.07) is 15.0. The zero-order chi connectivity index (χ0) is 16.7. The van der Waals surface area contributed by atoms with Crippen LogP contribution in [0.2, 0.25) is 0 Å². The molecule has 0 bridgehead atoms. The van der Waals surface area contributed by atoms with Crippen LogP contribution in [0.25, 0.3) is 0 Å². The summed E-state index contributed by atoms with van der Waals surface area (Å²) in [5.41, 5.74) is 8.25. The Morgan fingerprint density at radius 3 is 2.50 bits per heavy atom. The van der Waals surface area contributed by atoms with E-state index in [9.17, 15) is 4.79 Å². The van der Waals surface area contributed by atoms with E-state index < -0.39 is 6.10 Å². The van der Waals surface area contributed by atoms with E-state index in [0.717, 1.165) is 22.6 Å². The molecule has 0 aromatic heterocycles. The van der Waals surface area contributed by atoms with Crippen molar-refractivity contribution in [2.75, 3.05) is 12.4 Å². The van der Waals surface area contributed by atoms with Crippen molar-refractivity contribution in [1.82, 2.24) is 0 Å². The minimum Gasteiger partial charge on any atom is -0.497 e. The molecular formula is C18H23ClN2O3. The maximum atomic E-state index is 12.1. The second kappa shape index (κ2) is 9.93. The van der Waals surface area contributed by atoms with Gasteiger partial charge in [0.2, 0.25) is 0 Å². The van der Waals surface area contributed by atoms with Gasteiger partial charge in [-0.3, -0.25) is 4.79 Å². The third kappa shape index (κ3) is 5.85. The second-order valence-corrected chi connectivity index (χ2v) is 5.20. The van der Waals surface area contributed by atoms with Gasteiger partial charge in [0, 0.05) is 12.2 Å². The number of ether oxygens (including phenoxy) is 2. The summed E-state index contributed by atoms with van der Waals surface area (Å²) in [5.74, 6) is 0.580. The van der Waals surface area contributed by atoms with Crippen LogP contribution in [-0.2, 0) is 22.7 Å². The number of carbonyl (C=O) groups is 1. The third-order valence-electron chi connectivity index (χ3n) is 3.46. The summed E-state index contributed by atoms with van der Waals surface area (Å²) in [6.07, 6.45) is -0.560. The van der Waals surface area contributed by atoms with E-state index in [4.69, 9.17) is 15.2 Å². The van der Waals surface area contributed by atoms with Gasteiger partial charge in [0.25, 0.3) is 5.91 Å². The lowest BCUT2D eigenvalue weighted by Crippen LogP contribution is -2.27. The van der Waals surface area contributed by atoms with Gasteiger partial charge < -0.3 is 20.5 Å². The Hall–Kier alpha value is -2.08. The molecule has 2 aromatic carbocycles. The highest BCUT2D eigenvalue weighted by Crippen LogP contribution is 2.14. The van der Waals surface area contributed by atoms with Crippen LogP contribution in [0.5, 0.6) is 5.75 Å². The number of carbonyl (C=O) groups excluding carboxylic acids is 1. The molecule has 0 saturated heterocycles. The van der Waals surface area contributed by atoms with Crippen molar-refractivity contribution in [2.24, 2.45) is 5.73 Å².